The summed E-state index contributed by atoms with van der Waals surface area (Å²) in [4.78, 5) is 28.7. The maximum absolute atomic E-state index is 11.8. The fraction of sp³-hybridized carbons (Fsp3) is 0.276. The third-order valence-electron chi connectivity index (χ3n) is 6.07. The van der Waals surface area contributed by atoms with Gasteiger partial charge in [-0.3, -0.25) is 4.79 Å². The highest BCUT2D eigenvalue weighted by molar-refractivity contribution is 5.99. The zero-order valence-corrected chi connectivity index (χ0v) is 22.9. The molecule has 1 amide bonds. The Labute approximate surface area is 229 Å². The molecule has 2 aromatic heterocycles. The fourth-order valence-corrected chi connectivity index (χ4v) is 4.18. The quantitative estimate of drug-likeness (QED) is 0.177. The predicted molar refractivity (Wildman–Crippen MR) is 160 cm³/mol. The summed E-state index contributed by atoms with van der Waals surface area (Å²) in [5.74, 6) is 1.01. The second-order valence-corrected chi connectivity index (χ2v) is 9.23. The number of aromatic nitrogens is 3. The Kier molecular flexibility index (Phi) is 9.01. The van der Waals surface area contributed by atoms with E-state index in [1.807, 2.05) is 44.4 Å². The number of benzene rings is 2. The number of nitrogens with one attached hydrogen (secondary N) is 4. The standard InChI is InChI=1S/C29H36N8O2/c1-6-16-37(17-15-30-3)22-13-11-20(12-14-22)33-29-34-27-26(24(19-31-27)36(4)5)28(35-29)39-23-10-8-9-21(18-23)32-25(38)7-2/h7-14,18-19,30H,2,6,15-17H2,1,3-5H3,(H,32,38)(H2,31,33,34,35). The molecule has 0 aliphatic carbocycles. The Morgan fingerprint density at radius 1 is 1.10 bits per heavy atom. The number of anilines is 5. The molecule has 4 rings (SSSR count). The van der Waals surface area contributed by atoms with Crippen LogP contribution in [0.5, 0.6) is 11.6 Å². The van der Waals surface area contributed by atoms with E-state index in [2.05, 4.69) is 51.5 Å². The molecule has 0 saturated heterocycles. The number of hydrogen-bond acceptors (Lipinski definition) is 8. The molecule has 0 aliphatic heterocycles. The first-order valence-corrected chi connectivity index (χ1v) is 13.0. The van der Waals surface area contributed by atoms with E-state index in [4.69, 9.17) is 14.7 Å². The number of H-pyrrole nitrogens is 1. The van der Waals surface area contributed by atoms with Crippen molar-refractivity contribution in [2.75, 3.05) is 61.2 Å². The van der Waals surface area contributed by atoms with Gasteiger partial charge in [-0.2, -0.15) is 9.97 Å². The maximum Gasteiger partial charge on any atom is 0.247 e. The van der Waals surface area contributed by atoms with Crippen molar-refractivity contribution in [1.29, 1.82) is 0 Å². The van der Waals surface area contributed by atoms with Crippen LogP contribution in [0.2, 0.25) is 0 Å². The molecule has 0 spiro atoms. The molecule has 204 valence electrons. The zero-order chi connectivity index (χ0) is 27.8. The van der Waals surface area contributed by atoms with Gasteiger partial charge >= 0.3 is 0 Å². The lowest BCUT2D eigenvalue weighted by molar-refractivity contribution is -0.111. The topological polar surface area (TPSA) is 110 Å². The number of carbonyl (C=O) groups excluding carboxylic acids is 1. The van der Waals surface area contributed by atoms with Crippen LogP contribution in [-0.4, -0.2) is 61.6 Å². The largest absolute Gasteiger partial charge is 0.438 e. The normalized spacial score (nSPS) is 10.8. The molecule has 0 aliphatic rings. The maximum atomic E-state index is 11.8. The molecule has 0 fully saturated rings. The van der Waals surface area contributed by atoms with E-state index >= 15 is 0 Å². The molecular formula is C29H36N8O2. The van der Waals surface area contributed by atoms with Crippen molar-refractivity contribution in [2.24, 2.45) is 0 Å². The van der Waals surface area contributed by atoms with Gasteiger partial charge in [0.15, 0.2) is 0 Å². The number of aromatic amines is 1. The van der Waals surface area contributed by atoms with Crippen LogP contribution in [0.15, 0.2) is 67.4 Å². The smallest absolute Gasteiger partial charge is 0.247 e. The minimum atomic E-state index is -0.297. The molecule has 0 radical (unpaired) electrons. The van der Waals surface area contributed by atoms with Crippen molar-refractivity contribution < 1.29 is 9.53 Å². The van der Waals surface area contributed by atoms with Crippen LogP contribution in [0.4, 0.5) is 28.7 Å². The molecule has 4 aromatic rings. The van der Waals surface area contributed by atoms with Crippen molar-refractivity contribution in [2.45, 2.75) is 13.3 Å². The first-order valence-electron chi connectivity index (χ1n) is 13.0. The molecule has 4 N–H and O–H groups in total. The third kappa shape index (κ3) is 6.85. The van der Waals surface area contributed by atoms with E-state index in [9.17, 15) is 4.79 Å². The van der Waals surface area contributed by atoms with E-state index in [1.54, 1.807) is 24.3 Å². The van der Waals surface area contributed by atoms with E-state index in [0.29, 0.717) is 28.9 Å². The molecule has 2 heterocycles. The zero-order valence-electron chi connectivity index (χ0n) is 22.9. The van der Waals surface area contributed by atoms with Crippen LogP contribution in [0, 0.1) is 0 Å². The number of carbonyl (C=O) groups is 1. The fourth-order valence-electron chi connectivity index (χ4n) is 4.18. The van der Waals surface area contributed by atoms with Crippen LogP contribution in [-0.2, 0) is 4.79 Å². The molecule has 2 aromatic carbocycles. The monoisotopic (exact) mass is 528 g/mol. The number of ether oxygens (including phenoxy) is 1. The summed E-state index contributed by atoms with van der Waals surface area (Å²) in [7, 11) is 5.86. The van der Waals surface area contributed by atoms with Gasteiger partial charge in [-0.05, 0) is 55.9 Å². The van der Waals surface area contributed by atoms with Crippen molar-refractivity contribution in [3.05, 3.63) is 67.4 Å². The van der Waals surface area contributed by atoms with Gasteiger partial charge < -0.3 is 35.5 Å². The number of fused-ring (bicyclic) bond motifs is 1. The molecule has 10 heteroatoms. The molecule has 0 bridgehead atoms. The minimum Gasteiger partial charge on any atom is -0.438 e. The molecular weight excluding hydrogens is 492 g/mol. The lowest BCUT2D eigenvalue weighted by Gasteiger charge is -2.24. The summed E-state index contributed by atoms with van der Waals surface area (Å²) in [5, 5.41) is 10.0. The molecule has 0 saturated carbocycles. The Balaban J connectivity index is 1.63. The number of amides is 1. The Morgan fingerprint density at radius 2 is 1.90 bits per heavy atom. The number of nitrogens with zero attached hydrogens (tertiary/aromatic N) is 4. The number of hydrogen-bond donors (Lipinski definition) is 4. The number of rotatable bonds is 13. The highest BCUT2D eigenvalue weighted by Gasteiger charge is 2.18. The van der Waals surface area contributed by atoms with Gasteiger partial charge in [-0.25, -0.2) is 0 Å². The van der Waals surface area contributed by atoms with Gasteiger partial charge in [0.2, 0.25) is 17.7 Å². The second kappa shape index (κ2) is 12.8. The minimum absolute atomic E-state index is 0.297. The van der Waals surface area contributed by atoms with Gasteiger partial charge in [0.05, 0.1) is 5.69 Å². The van der Waals surface area contributed by atoms with E-state index < -0.39 is 0 Å². The van der Waals surface area contributed by atoms with Crippen LogP contribution in [0.25, 0.3) is 11.0 Å². The van der Waals surface area contributed by atoms with E-state index in [0.717, 1.165) is 42.8 Å². The summed E-state index contributed by atoms with van der Waals surface area (Å²) in [6, 6.07) is 15.4. The Hall–Kier alpha value is -4.57. The molecule has 39 heavy (non-hydrogen) atoms. The highest BCUT2D eigenvalue weighted by Crippen LogP contribution is 2.36. The van der Waals surface area contributed by atoms with E-state index in [-0.39, 0.29) is 5.91 Å². The van der Waals surface area contributed by atoms with Crippen LogP contribution in [0.1, 0.15) is 13.3 Å². The summed E-state index contributed by atoms with van der Waals surface area (Å²) >= 11 is 0. The summed E-state index contributed by atoms with van der Waals surface area (Å²) in [6.07, 6.45) is 4.17. The molecule has 0 atom stereocenters. The Morgan fingerprint density at radius 3 is 2.59 bits per heavy atom. The van der Waals surface area contributed by atoms with Crippen LogP contribution < -0.4 is 30.5 Å². The summed E-state index contributed by atoms with van der Waals surface area (Å²) in [5.41, 5.74) is 4.16. The average Bonchev–Trinajstić information content (AvgIpc) is 3.36. The van der Waals surface area contributed by atoms with Gasteiger partial charge in [-0.1, -0.05) is 19.6 Å². The van der Waals surface area contributed by atoms with Crippen molar-refractivity contribution in [3.8, 4) is 11.6 Å². The van der Waals surface area contributed by atoms with Gasteiger partial charge in [0.25, 0.3) is 0 Å². The van der Waals surface area contributed by atoms with Gasteiger partial charge in [0, 0.05) is 63.1 Å². The first kappa shape index (κ1) is 27.5. The van der Waals surface area contributed by atoms with Crippen molar-refractivity contribution in [3.63, 3.8) is 0 Å². The second-order valence-electron chi connectivity index (χ2n) is 9.23. The average molecular weight is 529 g/mol. The summed E-state index contributed by atoms with van der Waals surface area (Å²) < 4.78 is 6.26. The van der Waals surface area contributed by atoms with Gasteiger partial charge in [0.1, 0.15) is 16.8 Å². The molecule has 0 unspecified atom stereocenters. The van der Waals surface area contributed by atoms with Crippen molar-refractivity contribution in [1.82, 2.24) is 20.3 Å². The Bertz CT molecular complexity index is 1410. The first-order chi connectivity index (χ1) is 18.9. The lowest BCUT2D eigenvalue weighted by Crippen LogP contribution is -2.31. The third-order valence-corrected chi connectivity index (χ3v) is 6.07. The molecule has 10 nitrogen and oxygen atoms in total. The van der Waals surface area contributed by atoms with E-state index in [1.165, 1.54) is 11.8 Å². The predicted octanol–water partition coefficient (Wildman–Crippen LogP) is 5.12. The summed E-state index contributed by atoms with van der Waals surface area (Å²) in [6.45, 7) is 8.54. The highest BCUT2D eigenvalue weighted by atomic mass is 16.5. The van der Waals surface area contributed by atoms with Crippen LogP contribution in [0.3, 0.4) is 0 Å². The number of likely N-dealkylation sites (N-methyl/N-ethyl adjacent to an activating group) is 1. The van der Waals surface area contributed by atoms with Crippen molar-refractivity contribution >= 4 is 45.6 Å². The van der Waals surface area contributed by atoms with Crippen LogP contribution >= 0.6 is 0 Å². The lowest BCUT2D eigenvalue weighted by atomic mass is 10.2. The van der Waals surface area contributed by atoms with Gasteiger partial charge in [-0.15, -0.1) is 0 Å². The SMILES string of the molecule is C=CC(=O)Nc1cccc(Oc2nc(Nc3ccc(N(CCC)CCNC)cc3)nc3[nH]cc(N(C)C)c23)c1.